The lowest BCUT2D eigenvalue weighted by molar-refractivity contribution is -0.140. The van der Waals surface area contributed by atoms with E-state index in [1.165, 1.54) is 0 Å². The van der Waals surface area contributed by atoms with Crippen molar-refractivity contribution in [2.45, 2.75) is 39.6 Å². The molecule has 224 valence electrons. The number of hydrogen-bond acceptors (Lipinski definition) is 9. The summed E-state index contributed by atoms with van der Waals surface area (Å²) >= 11 is 6.63. The standard InChI is InChI=1S/C32H32ClN3O7/c1-19-13-35-24(15-34-19)18-43-29-12-30(26(33)10-23(29)14-36-27(16-37)32(38)39)42-17-22-4-3-5-25(20(22)2)21-6-7-28-31(11-21)41-9-8-40-28/h3-7,10-13,15,27,36-37H,8-9,14,16-18H2,1-2H3,(H,38,39)/t27-/m1/s1. The van der Waals surface area contributed by atoms with Crippen molar-refractivity contribution >= 4 is 17.6 Å². The van der Waals surface area contributed by atoms with Gasteiger partial charge in [-0.2, -0.15) is 0 Å². The molecule has 0 aliphatic carbocycles. The number of carboxylic acids is 1. The number of aryl methyl sites for hydroxylation is 1. The van der Waals surface area contributed by atoms with Crippen LogP contribution in [0.4, 0.5) is 0 Å². The van der Waals surface area contributed by atoms with Gasteiger partial charge in [0.2, 0.25) is 0 Å². The average molecular weight is 606 g/mol. The summed E-state index contributed by atoms with van der Waals surface area (Å²) in [6.07, 6.45) is 3.28. The van der Waals surface area contributed by atoms with Crippen molar-refractivity contribution in [3.05, 3.63) is 94.0 Å². The molecule has 43 heavy (non-hydrogen) atoms. The number of carbonyl (C=O) groups is 1. The van der Waals surface area contributed by atoms with Gasteiger partial charge in [-0.15, -0.1) is 0 Å². The van der Waals surface area contributed by atoms with Gasteiger partial charge in [0, 0.05) is 24.4 Å². The maximum atomic E-state index is 11.4. The average Bonchev–Trinajstić information content (AvgIpc) is 3.01. The number of aliphatic carboxylic acids is 1. The lowest BCUT2D eigenvalue weighted by atomic mass is 9.96. The second kappa shape index (κ2) is 13.7. The summed E-state index contributed by atoms with van der Waals surface area (Å²) in [5.74, 6) is 1.13. The van der Waals surface area contributed by atoms with E-state index in [1.54, 1.807) is 24.5 Å². The normalized spacial score (nSPS) is 12.9. The van der Waals surface area contributed by atoms with Crippen molar-refractivity contribution in [3.63, 3.8) is 0 Å². The Bertz CT molecular complexity index is 1600. The number of rotatable bonds is 12. The van der Waals surface area contributed by atoms with Crippen LogP contribution in [0.1, 0.15) is 28.1 Å². The molecule has 0 saturated heterocycles. The highest BCUT2D eigenvalue weighted by molar-refractivity contribution is 6.32. The van der Waals surface area contributed by atoms with Crippen molar-refractivity contribution < 1.29 is 34.0 Å². The summed E-state index contributed by atoms with van der Waals surface area (Å²) < 4.78 is 23.7. The highest BCUT2D eigenvalue weighted by Crippen LogP contribution is 2.37. The number of aliphatic hydroxyl groups excluding tert-OH is 1. The molecular formula is C32H32ClN3O7. The molecule has 0 saturated carbocycles. The minimum atomic E-state index is -1.17. The van der Waals surface area contributed by atoms with Crippen LogP contribution in [-0.4, -0.2) is 52.0 Å². The molecule has 1 atom stereocenters. The number of halogens is 1. The molecule has 0 fully saturated rings. The first kappa shape index (κ1) is 30.1. The SMILES string of the molecule is Cc1cnc(COc2cc(OCc3cccc(-c4ccc5c(c4)OCCO5)c3C)c(Cl)cc2CN[C@H](CO)C(=O)O)cn1. The van der Waals surface area contributed by atoms with Crippen molar-refractivity contribution in [1.82, 2.24) is 15.3 Å². The Hall–Kier alpha value is -4.38. The molecule has 3 aromatic carbocycles. The number of aromatic nitrogens is 2. The predicted octanol–water partition coefficient (Wildman–Crippen LogP) is 4.88. The fourth-order valence-electron chi connectivity index (χ4n) is 4.59. The molecule has 0 amide bonds. The molecule has 4 aromatic rings. The van der Waals surface area contributed by atoms with E-state index in [9.17, 15) is 15.0 Å². The number of ether oxygens (including phenoxy) is 4. The van der Waals surface area contributed by atoms with E-state index in [0.29, 0.717) is 41.0 Å². The van der Waals surface area contributed by atoms with Gasteiger partial charge in [-0.1, -0.05) is 35.9 Å². The minimum absolute atomic E-state index is 0.0864. The first-order valence-electron chi connectivity index (χ1n) is 13.7. The number of nitrogens with zero attached hydrogens (tertiary/aromatic N) is 2. The second-order valence-electron chi connectivity index (χ2n) is 10.0. The summed E-state index contributed by atoms with van der Waals surface area (Å²) in [6.45, 7) is 4.83. The second-order valence-corrected chi connectivity index (χ2v) is 10.4. The van der Waals surface area contributed by atoms with Crippen molar-refractivity contribution in [2.75, 3.05) is 19.8 Å². The Kier molecular flexibility index (Phi) is 9.61. The number of aliphatic hydroxyl groups is 1. The van der Waals surface area contributed by atoms with Gasteiger partial charge in [-0.25, -0.2) is 0 Å². The van der Waals surface area contributed by atoms with Gasteiger partial charge in [0.05, 0.1) is 29.2 Å². The number of benzene rings is 3. The van der Waals surface area contributed by atoms with E-state index < -0.39 is 18.6 Å². The Morgan fingerprint density at radius 2 is 1.77 bits per heavy atom. The van der Waals surface area contributed by atoms with E-state index in [0.717, 1.165) is 39.4 Å². The topological polar surface area (TPSA) is 132 Å². The van der Waals surface area contributed by atoms with Gasteiger partial charge >= 0.3 is 5.97 Å². The van der Waals surface area contributed by atoms with Crippen molar-refractivity contribution in [2.24, 2.45) is 0 Å². The summed E-state index contributed by atoms with van der Waals surface area (Å²) in [5, 5.41) is 21.9. The Morgan fingerprint density at radius 3 is 2.51 bits per heavy atom. The molecule has 1 aliphatic heterocycles. The van der Waals surface area contributed by atoms with Crippen molar-refractivity contribution in [3.8, 4) is 34.1 Å². The fraction of sp³-hybridized carbons (Fsp3) is 0.281. The molecule has 3 N–H and O–H groups in total. The first-order valence-corrected chi connectivity index (χ1v) is 14.1. The van der Waals surface area contributed by atoms with Crippen LogP contribution >= 0.6 is 11.6 Å². The number of carboxylic acid groups (broad SMARTS) is 1. The van der Waals surface area contributed by atoms with Gasteiger partial charge in [-0.3, -0.25) is 20.1 Å². The third-order valence-corrected chi connectivity index (χ3v) is 7.32. The smallest absolute Gasteiger partial charge is 0.323 e. The fourth-order valence-corrected chi connectivity index (χ4v) is 4.83. The van der Waals surface area contributed by atoms with Crippen LogP contribution in [0, 0.1) is 13.8 Å². The maximum absolute atomic E-state index is 11.4. The highest BCUT2D eigenvalue weighted by Gasteiger charge is 2.19. The van der Waals surface area contributed by atoms with Gasteiger partial charge in [0.15, 0.2) is 11.5 Å². The zero-order valence-electron chi connectivity index (χ0n) is 23.8. The number of hydrogen-bond donors (Lipinski definition) is 3. The molecule has 10 nitrogen and oxygen atoms in total. The first-order chi connectivity index (χ1) is 20.8. The van der Waals surface area contributed by atoms with Crippen LogP contribution in [0.2, 0.25) is 5.02 Å². The molecular weight excluding hydrogens is 574 g/mol. The summed E-state index contributed by atoms with van der Waals surface area (Å²) in [4.78, 5) is 20.0. The lowest BCUT2D eigenvalue weighted by Crippen LogP contribution is -2.39. The number of nitrogens with one attached hydrogen (secondary N) is 1. The molecule has 0 radical (unpaired) electrons. The van der Waals surface area contributed by atoms with Gasteiger partial charge in [-0.05, 0) is 54.3 Å². The molecule has 0 bridgehead atoms. The molecule has 1 aliphatic rings. The van der Waals surface area contributed by atoms with Crippen LogP contribution in [-0.2, 0) is 24.6 Å². The van der Waals surface area contributed by atoms with Crippen LogP contribution in [0.25, 0.3) is 11.1 Å². The molecule has 1 aromatic heterocycles. The van der Waals surface area contributed by atoms with Crippen LogP contribution in [0.5, 0.6) is 23.0 Å². The Balaban J connectivity index is 1.36. The molecule has 5 rings (SSSR count). The zero-order valence-corrected chi connectivity index (χ0v) is 24.6. The summed E-state index contributed by atoms with van der Waals surface area (Å²) in [7, 11) is 0. The van der Waals surface area contributed by atoms with E-state index in [1.807, 2.05) is 44.2 Å². The zero-order chi connectivity index (χ0) is 30.3. The monoisotopic (exact) mass is 605 g/mol. The number of fused-ring (bicyclic) bond motifs is 1. The largest absolute Gasteiger partial charge is 0.487 e. The summed E-state index contributed by atoms with van der Waals surface area (Å²) in [5.41, 5.74) is 6.07. The minimum Gasteiger partial charge on any atom is -0.487 e. The summed E-state index contributed by atoms with van der Waals surface area (Å²) in [6, 6.07) is 14.1. The van der Waals surface area contributed by atoms with Crippen LogP contribution in [0.15, 0.2) is 60.9 Å². The van der Waals surface area contributed by atoms with E-state index in [-0.39, 0.29) is 19.8 Å². The van der Waals surface area contributed by atoms with Gasteiger partial charge in [0.1, 0.15) is 44.0 Å². The molecule has 0 unspecified atom stereocenters. The predicted molar refractivity (Wildman–Crippen MR) is 160 cm³/mol. The van der Waals surface area contributed by atoms with E-state index >= 15 is 0 Å². The highest BCUT2D eigenvalue weighted by atomic mass is 35.5. The Labute approximate surface area is 254 Å². The van der Waals surface area contributed by atoms with Crippen LogP contribution < -0.4 is 24.3 Å². The van der Waals surface area contributed by atoms with Crippen LogP contribution in [0.3, 0.4) is 0 Å². The quantitative estimate of drug-likeness (QED) is 0.205. The lowest BCUT2D eigenvalue weighted by Gasteiger charge is -2.20. The third-order valence-electron chi connectivity index (χ3n) is 7.03. The maximum Gasteiger partial charge on any atom is 0.323 e. The molecule has 11 heteroatoms. The Morgan fingerprint density at radius 1 is 0.977 bits per heavy atom. The van der Waals surface area contributed by atoms with Gasteiger partial charge < -0.3 is 29.2 Å². The third kappa shape index (κ3) is 7.34. The molecule has 2 heterocycles. The van der Waals surface area contributed by atoms with Gasteiger partial charge in [0.25, 0.3) is 0 Å². The molecule has 0 spiro atoms. The van der Waals surface area contributed by atoms with E-state index in [4.69, 9.17) is 30.5 Å². The van der Waals surface area contributed by atoms with Crippen molar-refractivity contribution in [1.29, 1.82) is 0 Å². The van der Waals surface area contributed by atoms with E-state index in [2.05, 4.69) is 21.4 Å².